The lowest BCUT2D eigenvalue weighted by Gasteiger charge is -2.08. The highest BCUT2D eigenvalue weighted by Crippen LogP contribution is 2.24. The summed E-state index contributed by atoms with van der Waals surface area (Å²) in [6.07, 6.45) is 1.48. The number of hydrogen-bond acceptors (Lipinski definition) is 3. The molecule has 5 heteroatoms. The summed E-state index contributed by atoms with van der Waals surface area (Å²) in [5, 5.41) is 0.957. The Morgan fingerprint density at radius 1 is 1.05 bits per heavy atom. The fourth-order valence-electron chi connectivity index (χ4n) is 2.18. The van der Waals surface area contributed by atoms with Gasteiger partial charge in [0.05, 0.1) is 5.52 Å². The molecule has 0 unspecified atom stereocenters. The Morgan fingerprint density at radius 2 is 1.79 bits per heavy atom. The first-order chi connectivity index (χ1) is 9.10. The highest BCUT2D eigenvalue weighted by Gasteiger charge is 2.21. The molecule has 0 fully saturated rings. The van der Waals surface area contributed by atoms with Gasteiger partial charge in [0.2, 0.25) is 0 Å². The maximum atomic E-state index is 12.6. The average molecular weight is 272 g/mol. The first kappa shape index (κ1) is 11.9. The second-order valence-corrected chi connectivity index (χ2v) is 6.02. The second-order valence-electron chi connectivity index (χ2n) is 4.28. The van der Waals surface area contributed by atoms with Crippen molar-refractivity contribution >= 4 is 20.9 Å². The summed E-state index contributed by atoms with van der Waals surface area (Å²) in [5.41, 5.74) is 1.34. The smallest absolute Gasteiger partial charge is 0.243 e. The number of benzene rings is 1. The van der Waals surface area contributed by atoms with Crippen LogP contribution < -0.4 is 0 Å². The van der Waals surface area contributed by atoms with E-state index in [2.05, 4.69) is 4.98 Å². The number of aromatic nitrogens is 2. The summed E-state index contributed by atoms with van der Waals surface area (Å²) in [7, 11) is -3.65. The maximum absolute atomic E-state index is 12.6. The summed E-state index contributed by atoms with van der Waals surface area (Å²) in [6.45, 7) is 1.78. The highest BCUT2D eigenvalue weighted by atomic mass is 32.2. The van der Waals surface area contributed by atoms with Crippen LogP contribution in [0.4, 0.5) is 0 Å². The molecule has 19 heavy (non-hydrogen) atoms. The third-order valence-corrected chi connectivity index (χ3v) is 4.72. The molecule has 0 saturated heterocycles. The summed E-state index contributed by atoms with van der Waals surface area (Å²) < 4.78 is 26.6. The summed E-state index contributed by atoms with van der Waals surface area (Å²) in [5.74, 6) is 0. The first-order valence-electron chi connectivity index (χ1n) is 5.84. The molecule has 0 amide bonds. The van der Waals surface area contributed by atoms with Gasteiger partial charge in [-0.25, -0.2) is 8.96 Å². The van der Waals surface area contributed by atoms with Crippen LogP contribution in [-0.4, -0.2) is 17.4 Å². The number of rotatable bonds is 2. The summed E-state index contributed by atoms with van der Waals surface area (Å²) in [6, 6.07) is 14.1. The molecule has 0 N–H and O–H groups in total. The molecule has 0 aliphatic heterocycles. The van der Waals surface area contributed by atoms with Crippen molar-refractivity contribution in [3.63, 3.8) is 0 Å². The van der Waals surface area contributed by atoms with Crippen molar-refractivity contribution in [3.05, 3.63) is 60.4 Å². The monoisotopic (exact) mass is 272 g/mol. The van der Waals surface area contributed by atoms with Gasteiger partial charge in [0.15, 0.2) is 5.03 Å². The molecule has 3 rings (SSSR count). The molecule has 0 aliphatic rings. The van der Waals surface area contributed by atoms with Gasteiger partial charge in [-0.05, 0) is 31.2 Å². The van der Waals surface area contributed by atoms with Gasteiger partial charge in [-0.3, -0.25) is 0 Å². The molecule has 3 aromatic rings. The lowest BCUT2D eigenvalue weighted by molar-refractivity contribution is 0.584. The molecule has 0 atom stereocenters. The van der Waals surface area contributed by atoms with Gasteiger partial charge in [0, 0.05) is 17.3 Å². The normalized spacial score (nSPS) is 11.8. The zero-order chi connectivity index (χ0) is 13.5. The fourth-order valence-corrected chi connectivity index (χ4v) is 3.67. The number of pyridine rings is 1. The van der Waals surface area contributed by atoms with E-state index in [1.54, 1.807) is 25.1 Å². The quantitative estimate of drug-likeness (QED) is 0.720. The predicted octanol–water partition coefficient (Wildman–Crippen LogP) is 2.58. The molecule has 4 nitrogen and oxygen atoms in total. The number of nitrogens with zero attached hydrogens (tertiary/aromatic N) is 2. The van der Waals surface area contributed by atoms with Crippen LogP contribution in [-0.2, 0) is 10.0 Å². The zero-order valence-corrected chi connectivity index (χ0v) is 11.1. The van der Waals surface area contributed by atoms with E-state index >= 15 is 0 Å². The minimum absolute atomic E-state index is 0.0550. The van der Waals surface area contributed by atoms with Crippen LogP contribution in [0.3, 0.4) is 0 Å². The van der Waals surface area contributed by atoms with Crippen LogP contribution >= 0.6 is 0 Å². The fraction of sp³-hybridized carbons (Fsp3) is 0.0714. The Labute approximate surface area is 111 Å². The third-order valence-electron chi connectivity index (χ3n) is 2.98. The third kappa shape index (κ3) is 1.82. The Hall–Kier alpha value is -2.14. The van der Waals surface area contributed by atoms with E-state index in [4.69, 9.17) is 0 Å². The molecular formula is C14H12N2O2S. The Balaban J connectivity index is 2.34. The minimum atomic E-state index is -3.65. The first-order valence-corrected chi connectivity index (χ1v) is 7.28. The second kappa shape index (κ2) is 4.20. The van der Waals surface area contributed by atoms with Gasteiger partial charge in [-0.1, -0.05) is 24.3 Å². The molecule has 0 radical (unpaired) electrons. The summed E-state index contributed by atoms with van der Waals surface area (Å²) >= 11 is 0. The van der Waals surface area contributed by atoms with E-state index < -0.39 is 10.0 Å². The summed E-state index contributed by atoms with van der Waals surface area (Å²) in [4.78, 5) is 3.95. The molecule has 0 aliphatic carbocycles. The van der Waals surface area contributed by atoms with Crippen LogP contribution in [0.15, 0.2) is 59.8 Å². The van der Waals surface area contributed by atoms with Crippen molar-refractivity contribution in [2.45, 2.75) is 11.9 Å². The molecule has 0 bridgehead atoms. The van der Waals surface area contributed by atoms with Gasteiger partial charge in [-0.15, -0.1) is 0 Å². The number of para-hydroxylation sites is 1. The van der Waals surface area contributed by atoms with E-state index in [1.165, 1.54) is 16.2 Å². The molecule has 0 spiro atoms. The standard InChI is InChI=1S/C14H12N2O2S/c1-11-10-12-6-2-3-7-13(12)16(11)19(17,18)14-8-4-5-9-15-14/h2-10H,1H3. The predicted molar refractivity (Wildman–Crippen MR) is 73.5 cm³/mol. The van der Waals surface area contributed by atoms with Crippen molar-refractivity contribution in [1.29, 1.82) is 0 Å². The Kier molecular flexibility index (Phi) is 2.64. The van der Waals surface area contributed by atoms with Crippen molar-refractivity contribution in [2.24, 2.45) is 0 Å². The topological polar surface area (TPSA) is 52.0 Å². The number of hydrogen-bond donors (Lipinski definition) is 0. The highest BCUT2D eigenvalue weighted by molar-refractivity contribution is 7.90. The molecule has 1 aromatic carbocycles. The lowest BCUT2D eigenvalue weighted by atomic mass is 10.2. The van der Waals surface area contributed by atoms with Gasteiger partial charge in [0.25, 0.3) is 10.0 Å². The lowest BCUT2D eigenvalue weighted by Crippen LogP contribution is -2.15. The van der Waals surface area contributed by atoms with E-state index in [1.807, 2.05) is 24.3 Å². The van der Waals surface area contributed by atoms with Crippen molar-refractivity contribution in [1.82, 2.24) is 8.96 Å². The van der Waals surface area contributed by atoms with Crippen LogP contribution in [0.25, 0.3) is 10.9 Å². The van der Waals surface area contributed by atoms with Crippen molar-refractivity contribution < 1.29 is 8.42 Å². The van der Waals surface area contributed by atoms with Gasteiger partial charge in [-0.2, -0.15) is 8.42 Å². The van der Waals surface area contributed by atoms with E-state index in [0.717, 1.165) is 5.39 Å². The molecular weight excluding hydrogens is 260 g/mol. The van der Waals surface area contributed by atoms with Gasteiger partial charge in [0.1, 0.15) is 0 Å². The molecule has 96 valence electrons. The Morgan fingerprint density at radius 3 is 2.53 bits per heavy atom. The van der Waals surface area contributed by atoms with Crippen LogP contribution in [0.1, 0.15) is 5.69 Å². The average Bonchev–Trinajstić information content (AvgIpc) is 2.76. The largest absolute Gasteiger partial charge is 0.285 e. The van der Waals surface area contributed by atoms with E-state index in [0.29, 0.717) is 11.2 Å². The molecule has 2 heterocycles. The SMILES string of the molecule is Cc1cc2ccccc2n1S(=O)(=O)c1ccccn1. The maximum Gasteiger partial charge on any atom is 0.285 e. The van der Waals surface area contributed by atoms with Gasteiger partial charge >= 0.3 is 0 Å². The van der Waals surface area contributed by atoms with Crippen molar-refractivity contribution in [3.8, 4) is 0 Å². The molecule has 0 saturated carbocycles. The van der Waals surface area contributed by atoms with E-state index in [9.17, 15) is 8.42 Å². The van der Waals surface area contributed by atoms with Gasteiger partial charge < -0.3 is 0 Å². The Bertz CT molecular complexity index is 836. The zero-order valence-electron chi connectivity index (χ0n) is 10.3. The van der Waals surface area contributed by atoms with E-state index in [-0.39, 0.29) is 5.03 Å². The van der Waals surface area contributed by atoms with Crippen LogP contribution in [0.2, 0.25) is 0 Å². The van der Waals surface area contributed by atoms with Crippen molar-refractivity contribution in [2.75, 3.05) is 0 Å². The minimum Gasteiger partial charge on any atom is -0.243 e. The number of aryl methyl sites for hydroxylation is 1. The molecule has 2 aromatic heterocycles. The number of fused-ring (bicyclic) bond motifs is 1. The van der Waals surface area contributed by atoms with Crippen LogP contribution in [0.5, 0.6) is 0 Å². The van der Waals surface area contributed by atoms with Crippen LogP contribution in [0, 0.1) is 6.92 Å².